The summed E-state index contributed by atoms with van der Waals surface area (Å²) in [6, 6.07) is 0.947. The average molecular weight is 330 g/mol. The van der Waals surface area contributed by atoms with Gasteiger partial charge >= 0.3 is 5.97 Å². The number of aromatic nitrogens is 3. The molecule has 7 heteroatoms. The van der Waals surface area contributed by atoms with Gasteiger partial charge in [-0.25, -0.2) is 14.5 Å². The number of carboxylic acid groups (broad SMARTS) is 1. The number of aliphatic carboxylic acids is 1. The average Bonchev–Trinajstić information content (AvgIpc) is 3.22. The highest BCUT2D eigenvalue weighted by molar-refractivity contribution is 6.06. The van der Waals surface area contributed by atoms with Crippen LogP contribution in [0.1, 0.15) is 55.2 Å². The Bertz CT molecular complexity index is 792. The fourth-order valence-electron chi connectivity index (χ4n) is 2.85. The maximum absolute atomic E-state index is 12.7. The molecule has 2 heterocycles. The summed E-state index contributed by atoms with van der Waals surface area (Å²) >= 11 is 0. The molecule has 1 atom stereocenters. The number of amides is 1. The van der Waals surface area contributed by atoms with Crippen molar-refractivity contribution in [2.24, 2.45) is 5.92 Å². The Balaban J connectivity index is 1.92. The van der Waals surface area contributed by atoms with Gasteiger partial charge in [0.25, 0.3) is 5.91 Å². The van der Waals surface area contributed by atoms with Crippen molar-refractivity contribution >= 4 is 22.9 Å². The Kier molecular flexibility index (Phi) is 4.26. The lowest BCUT2D eigenvalue weighted by Crippen LogP contribution is -2.41. The van der Waals surface area contributed by atoms with Gasteiger partial charge in [0, 0.05) is 11.7 Å². The van der Waals surface area contributed by atoms with Gasteiger partial charge in [-0.2, -0.15) is 5.10 Å². The Morgan fingerprint density at radius 3 is 2.71 bits per heavy atom. The number of nitrogens with one attached hydrogen (secondary N) is 1. The molecule has 128 valence electrons. The van der Waals surface area contributed by atoms with Gasteiger partial charge in [-0.3, -0.25) is 4.79 Å². The minimum absolute atomic E-state index is 0.120. The zero-order valence-electron chi connectivity index (χ0n) is 14.1. The van der Waals surface area contributed by atoms with E-state index in [0.717, 1.165) is 12.8 Å². The summed E-state index contributed by atoms with van der Waals surface area (Å²) in [5.41, 5.74) is 1.76. The topological polar surface area (TPSA) is 97.1 Å². The number of carbonyl (C=O) groups is 2. The number of nitrogens with zero attached hydrogens (tertiary/aromatic N) is 3. The van der Waals surface area contributed by atoms with Crippen LogP contribution in [0.15, 0.2) is 12.3 Å². The molecule has 3 rings (SSSR count). The predicted molar refractivity (Wildman–Crippen MR) is 88.9 cm³/mol. The van der Waals surface area contributed by atoms with Crippen LogP contribution in [0.3, 0.4) is 0 Å². The quantitative estimate of drug-likeness (QED) is 0.847. The van der Waals surface area contributed by atoms with Crippen molar-refractivity contribution in [1.29, 1.82) is 0 Å². The van der Waals surface area contributed by atoms with Gasteiger partial charge in [-0.1, -0.05) is 12.8 Å². The SMILES string of the molecule is Cc1cc(C(=O)NC(CC2CC2)C(=O)O)c2cnn(C(C)C)c2n1. The summed E-state index contributed by atoms with van der Waals surface area (Å²) in [6.45, 7) is 5.80. The van der Waals surface area contributed by atoms with Gasteiger partial charge in [0.1, 0.15) is 6.04 Å². The molecule has 0 saturated heterocycles. The molecule has 1 fully saturated rings. The normalized spacial score (nSPS) is 15.7. The third-order valence-corrected chi connectivity index (χ3v) is 4.30. The maximum atomic E-state index is 12.7. The summed E-state index contributed by atoms with van der Waals surface area (Å²) < 4.78 is 1.76. The number of carbonyl (C=O) groups excluding carboxylic acids is 1. The van der Waals surface area contributed by atoms with Gasteiger partial charge in [-0.15, -0.1) is 0 Å². The van der Waals surface area contributed by atoms with Gasteiger partial charge in [0.2, 0.25) is 0 Å². The molecular weight excluding hydrogens is 308 g/mol. The second-order valence-corrected chi connectivity index (χ2v) is 6.77. The zero-order chi connectivity index (χ0) is 17.4. The first-order chi connectivity index (χ1) is 11.4. The molecule has 1 aliphatic rings. The molecule has 1 saturated carbocycles. The summed E-state index contributed by atoms with van der Waals surface area (Å²) in [7, 11) is 0. The van der Waals surface area contributed by atoms with Gasteiger partial charge < -0.3 is 10.4 Å². The molecule has 2 aromatic heterocycles. The van der Waals surface area contributed by atoms with E-state index in [4.69, 9.17) is 0 Å². The fraction of sp³-hybridized carbons (Fsp3) is 0.529. The predicted octanol–water partition coefficient (Wildman–Crippen LogP) is 2.30. The third kappa shape index (κ3) is 3.25. The highest BCUT2D eigenvalue weighted by Gasteiger charge is 2.31. The number of pyridine rings is 1. The van der Waals surface area contributed by atoms with Crippen LogP contribution in [0.2, 0.25) is 0 Å². The molecule has 1 aliphatic carbocycles. The van der Waals surface area contributed by atoms with E-state index in [-0.39, 0.29) is 11.9 Å². The van der Waals surface area contributed by atoms with Crippen molar-refractivity contribution in [2.45, 2.75) is 52.1 Å². The zero-order valence-corrected chi connectivity index (χ0v) is 14.1. The van der Waals surface area contributed by atoms with Gasteiger partial charge in [0.05, 0.1) is 17.1 Å². The smallest absolute Gasteiger partial charge is 0.326 e. The second kappa shape index (κ2) is 6.22. The molecule has 2 N–H and O–H groups in total. The van der Waals surface area contributed by atoms with E-state index < -0.39 is 12.0 Å². The highest BCUT2D eigenvalue weighted by atomic mass is 16.4. The molecule has 24 heavy (non-hydrogen) atoms. The van der Waals surface area contributed by atoms with E-state index in [1.807, 2.05) is 20.8 Å². The molecule has 0 spiro atoms. The number of hydrogen-bond acceptors (Lipinski definition) is 4. The molecule has 7 nitrogen and oxygen atoms in total. The Morgan fingerprint density at radius 2 is 2.12 bits per heavy atom. The second-order valence-electron chi connectivity index (χ2n) is 6.77. The monoisotopic (exact) mass is 330 g/mol. The third-order valence-electron chi connectivity index (χ3n) is 4.30. The van der Waals surface area contributed by atoms with Crippen molar-refractivity contribution < 1.29 is 14.7 Å². The largest absolute Gasteiger partial charge is 0.480 e. The first-order valence-corrected chi connectivity index (χ1v) is 8.25. The van der Waals surface area contributed by atoms with Gasteiger partial charge in [0.15, 0.2) is 5.65 Å². The van der Waals surface area contributed by atoms with Crippen LogP contribution in [-0.2, 0) is 4.79 Å². The standard InChI is InChI=1S/C17H22N4O3/c1-9(2)21-15-13(8-18-21)12(6-10(3)19-15)16(22)20-14(17(23)24)7-11-4-5-11/h6,8-9,11,14H,4-5,7H2,1-3H3,(H,20,22)(H,23,24). The molecule has 0 aromatic carbocycles. The van der Waals surface area contributed by atoms with Crippen LogP contribution >= 0.6 is 0 Å². The van der Waals surface area contributed by atoms with Crippen LogP contribution in [0, 0.1) is 12.8 Å². The molecule has 1 amide bonds. The Labute approximate surface area is 140 Å². The highest BCUT2D eigenvalue weighted by Crippen LogP contribution is 2.33. The Morgan fingerprint density at radius 1 is 1.42 bits per heavy atom. The molecule has 0 aliphatic heterocycles. The number of fused-ring (bicyclic) bond motifs is 1. The van der Waals surface area contributed by atoms with Crippen LogP contribution in [-0.4, -0.2) is 37.8 Å². The molecule has 2 aromatic rings. The first kappa shape index (κ1) is 16.4. The number of hydrogen-bond donors (Lipinski definition) is 2. The van der Waals surface area contributed by atoms with E-state index in [9.17, 15) is 14.7 Å². The van der Waals surface area contributed by atoms with Crippen molar-refractivity contribution in [3.63, 3.8) is 0 Å². The molecule has 0 radical (unpaired) electrons. The minimum Gasteiger partial charge on any atom is -0.480 e. The van der Waals surface area contributed by atoms with Gasteiger partial charge in [-0.05, 0) is 39.2 Å². The number of carboxylic acids is 1. The first-order valence-electron chi connectivity index (χ1n) is 8.25. The van der Waals surface area contributed by atoms with E-state index in [1.54, 1.807) is 16.9 Å². The van der Waals surface area contributed by atoms with Crippen molar-refractivity contribution in [1.82, 2.24) is 20.1 Å². The lowest BCUT2D eigenvalue weighted by molar-refractivity contribution is -0.139. The molecule has 1 unspecified atom stereocenters. The van der Waals surface area contributed by atoms with Crippen LogP contribution in [0.5, 0.6) is 0 Å². The summed E-state index contributed by atoms with van der Waals surface area (Å²) in [6.07, 6.45) is 4.19. The lowest BCUT2D eigenvalue weighted by atomic mass is 10.1. The lowest BCUT2D eigenvalue weighted by Gasteiger charge is -2.15. The summed E-state index contributed by atoms with van der Waals surface area (Å²) in [4.78, 5) is 28.6. The van der Waals surface area contributed by atoms with Crippen molar-refractivity contribution in [3.05, 3.63) is 23.5 Å². The van der Waals surface area contributed by atoms with Crippen molar-refractivity contribution in [2.75, 3.05) is 0 Å². The van der Waals surface area contributed by atoms with E-state index in [1.165, 1.54) is 0 Å². The van der Waals surface area contributed by atoms with Crippen LogP contribution in [0.25, 0.3) is 11.0 Å². The van der Waals surface area contributed by atoms with E-state index in [0.29, 0.717) is 34.6 Å². The molecule has 0 bridgehead atoms. The summed E-state index contributed by atoms with van der Waals surface area (Å²) in [5.74, 6) is -0.966. The number of aryl methyl sites for hydroxylation is 1. The molecular formula is C17H22N4O3. The Hall–Kier alpha value is -2.44. The van der Waals surface area contributed by atoms with Crippen molar-refractivity contribution in [3.8, 4) is 0 Å². The van der Waals surface area contributed by atoms with E-state index in [2.05, 4.69) is 15.4 Å². The van der Waals surface area contributed by atoms with E-state index >= 15 is 0 Å². The summed E-state index contributed by atoms with van der Waals surface area (Å²) in [5, 5.41) is 17.0. The number of rotatable bonds is 6. The van der Waals surface area contributed by atoms with Crippen LogP contribution < -0.4 is 5.32 Å². The minimum atomic E-state index is -0.991. The van der Waals surface area contributed by atoms with Crippen LogP contribution in [0.4, 0.5) is 0 Å². The fourth-order valence-corrected chi connectivity index (χ4v) is 2.85. The maximum Gasteiger partial charge on any atom is 0.326 e.